The Hall–Kier alpha value is -3.09. The number of hydrogen-bond acceptors (Lipinski definition) is 4. The molecule has 0 aliphatic carbocycles. The van der Waals surface area contributed by atoms with Gasteiger partial charge in [0.05, 0.1) is 0 Å². The lowest BCUT2D eigenvalue weighted by Gasteiger charge is -2.35. The van der Waals surface area contributed by atoms with Crippen molar-refractivity contribution in [1.82, 2.24) is 25.2 Å². The lowest BCUT2D eigenvalue weighted by Crippen LogP contribution is -2.51. The molecule has 7 nitrogen and oxygen atoms in total. The molecule has 1 unspecified atom stereocenters. The van der Waals surface area contributed by atoms with Gasteiger partial charge < -0.3 is 15.5 Å². The summed E-state index contributed by atoms with van der Waals surface area (Å²) >= 11 is 0. The summed E-state index contributed by atoms with van der Waals surface area (Å²) in [6, 6.07) is 17.0. The standard InChI is InChI=1S/C23H31N7/c1-2-24-23(25-15-8-14-22-28-27-21-13-6-7-17-30(21)22)26-19-10-9-16-29(18-19)20-11-4-3-5-12-20/h3-7,11-13,17,19H,2,8-10,14-16,18H2,1H3,(H2,24,25,26). The quantitative estimate of drug-likeness (QED) is 0.359. The molecule has 0 radical (unpaired) electrons. The van der Waals surface area contributed by atoms with Crippen LogP contribution in [0.25, 0.3) is 5.65 Å². The van der Waals surface area contributed by atoms with E-state index in [2.05, 4.69) is 63.0 Å². The molecule has 0 amide bonds. The number of anilines is 1. The molecule has 3 heterocycles. The summed E-state index contributed by atoms with van der Waals surface area (Å²) in [5.74, 6) is 1.90. The Morgan fingerprint density at radius 2 is 2.00 bits per heavy atom. The zero-order valence-electron chi connectivity index (χ0n) is 17.7. The monoisotopic (exact) mass is 405 g/mol. The van der Waals surface area contributed by atoms with E-state index < -0.39 is 0 Å². The number of pyridine rings is 1. The molecule has 158 valence electrons. The molecule has 0 spiro atoms. The maximum absolute atomic E-state index is 4.80. The van der Waals surface area contributed by atoms with E-state index in [1.165, 1.54) is 18.5 Å². The summed E-state index contributed by atoms with van der Waals surface area (Å²) in [6.45, 7) is 5.83. The minimum absolute atomic E-state index is 0.400. The van der Waals surface area contributed by atoms with Gasteiger partial charge in [-0.15, -0.1) is 10.2 Å². The molecule has 1 saturated heterocycles. The van der Waals surface area contributed by atoms with Gasteiger partial charge in [0.25, 0.3) is 0 Å². The molecule has 1 aromatic carbocycles. The van der Waals surface area contributed by atoms with Crippen LogP contribution in [0.3, 0.4) is 0 Å². The van der Waals surface area contributed by atoms with Gasteiger partial charge in [0.2, 0.25) is 0 Å². The largest absolute Gasteiger partial charge is 0.369 e. The van der Waals surface area contributed by atoms with Crippen molar-refractivity contribution in [1.29, 1.82) is 0 Å². The van der Waals surface area contributed by atoms with E-state index in [0.717, 1.165) is 56.5 Å². The number of fused-ring (bicyclic) bond motifs is 1. The van der Waals surface area contributed by atoms with E-state index in [4.69, 9.17) is 4.99 Å². The van der Waals surface area contributed by atoms with Crippen molar-refractivity contribution in [3.63, 3.8) is 0 Å². The van der Waals surface area contributed by atoms with Crippen molar-refractivity contribution in [3.8, 4) is 0 Å². The van der Waals surface area contributed by atoms with Crippen LogP contribution >= 0.6 is 0 Å². The van der Waals surface area contributed by atoms with Crippen molar-refractivity contribution in [2.45, 2.75) is 38.6 Å². The Bertz CT molecular complexity index is 950. The molecule has 1 aliphatic rings. The molecular formula is C23H31N7. The first-order chi connectivity index (χ1) is 14.8. The Morgan fingerprint density at radius 1 is 1.13 bits per heavy atom. The van der Waals surface area contributed by atoms with Gasteiger partial charge in [0.1, 0.15) is 5.82 Å². The number of benzene rings is 1. The summed E-state index contributed by atoms with van der Waals surface area (Å²) in [5.41, 5.74) is 2.19. The smallest absolute Gasteiger partial charge is 0.191 e. The molecule has 1 fully saturated rings. The summed E-state index contributed by atoms with van der Waals surface area (Å²) in [5, 5.41) is 15.6. The van der Waals surface area contributed by atoms with Gasteiger partial charge in [-0.3, -0.25) is 9.39 Å². The normalized spacial score (nSPS) is 17.3. The molecule has 0 bridgehead atoms. The number of para-hydroxylation sites is 1. The fourth-order valence-corrected chi connectivity index (χ4v) is 3.97. The van der Waals surface area contributed by atoms with Gasteiger partial charge in [0, 0.05) is 50.5 Å². The van der Waals surface area contributed by atoms with Gasteiger partial charge in [0.15, 0.2) is 11.6 Å². The maximum Gasteiger partial charge on any atom is 0.191 e. The first kappa shape index (κ1) is 20.2. The zero-order chi connectivity index (χ0) is 20.6. The van der Waals surface area contributed by atoms with Crippen molar-refractivity contribution >= 4 is 17.3 Å². The number of aliphatic imine (C=N–C) groups is 1. The first-order valence-electron chi connectivity index (χ1n) is 11.0. The van der Waals surface area contributed by atoms with Crippen molar-refractivity contribution < 1.29 is 0 Å². The highest BCUT2D eigenvalue weighted by Gasteiger charge is 2.20. The fourth-order valence-electron chi connectivity index (χ4n) is 3.97. The number of aryl methyl sites for hydroxylation is 1. The van der Waals surface area contributed by atoms with Crippen molar-refractivity contribution in [2.75, 3.05) is 31.1 Å². The number of aromatic nitrogens is 3. The highest BCUT2D eigenvalue weighted by molar-refractivity contribution is 5.80. The maximum atomic E-state index is 4.80. The topological polar surface area (TPSA) is 69.8 Å². The van der Waals surface area contributed by atoms with Gasteiger partial charge >= 0.3 is 0 Å². The Balaban J connectivity index is 1.31. The molecule has 1 atom stereocenters. The third kappa shape index (κ3) is 5.09. The minimum Gasteiger partial charge on any atom is -0.369 e. The van der Waals surface area contributed by atoms with Crippen LogP contribution in [0.1, 0.15) is 32.0 Å². The molecule has 2 N–H and O–H groups in total. The predicted octanol–water partition coefficient (Wildman–Crippen LogP) is 2.89. The zero-order valence-corrected chi connectivity index (χ0v) is 17.7. The van der Waals surface area contributed by atoms with Gasteiger partial charge in [-0.2, -0.15) is 0 Å². The molecule has 3 aromatic rings. The molecule has 1 aliphatic heterocycles. The Labute approximate surface area is 178 Å². The van der Waals surface area contributed by atoms with E-state index in [1.54, 1.807) is 0 Å². The van der Waals surface area contributed by atoms with E-state index in [1.807, 2.05) is 28.8 Å². The highest BCUT2D eigenvalue weighted by Crippen LogP contribution is 2.19. The average molecular weight is 406 g/mol. The van der Waals surface area contributed by atoms with Crippen LogP contribution in [0.2, 0.25) is 0 Å². The lowest BCUT2D eigenvalue weighted by molar-refractivity contribution is 0.468. The van der Waals surface area contributed by atoms with Gasteiger partial charge in [-0.1, -0.05) is 24.3 Å². The van der Waals surface area contributed by atoms with Crippen LogP contribution in [-0.2, 0) is 6.42 Å². The van der Waals surface area contributed by atoms with Crippen LogP contribution in [0, 0.1) is 0 Å². The number of nitrogens with one attached hydrogen (secondary N) is 2. The number of rotatable bonds is 7. The van der Waals surface area contributed by atoms with Crippen molar-refractivity contribution in [3.05, 3.63) is 60.6 Å². The number of piperidine rings is 1. The third-order valence-corrected chi connectivity index (χ3v) is 5.44. The molecule has 30 heavy (non-hydrogen) atoms. The van der Waals surface area contributed by atoms with Gasteiger partial charge in [-0.25, -0.2) is 0 Å². The lowest BCUT2D eigenvalue weighted by atomic mass is 10.1. The van der Waals surface area contributed by atoms with Crippen LogP contribution in [-0.4, -0.2) is 52.8 Å². The van der Waals surface area contributed by atoms with Crippen LogP contribution in [0.15, 0.2) is 59.7 Å². The van der Waals surface area contributed by atoms with Crippen LogP contribution in [0.4, 0.5) is 5.69 Å². The SMILES string of the molecule is CCNC(=NCCCc1nnc2ccccn12)NC1CCCN(c2ccccc2)C1. The second-order valence-corrected chi connectivity index (χ2v) is 7.67. The van der Waals surface area contributed by atoms with E-state index >= 15 is 0 Å². The van der Waals surface area contributed by atoms with E-state index in [0.29, 0.717) is 6.04 Å². The van der Waals surface area contributed by atoms with Crippen molar-refractivity contribution in [2.24, 2.45) is 4.99 Å². The van der Waals surface area contributed by atoms with Crippen LogP contribution < -0.4 is 15.5 Å². The molecule has 4 rings (SSSR count). The molecule has 7 heteroatoms. The summed E-state index contributed by atoms with van der Waals surface area (Å²) < 4.78 is 2.05. The fraction of sp³-hybridized carbons (Fsp3) is 0.435. The molecular weight excluding hydrogens is 374 g/mol. The van der Waals surface area contributed by atoms with Crippen LogP contribution in [0.5, 0.6) is 0 Å². The summed E-state index contributed by atoms with van der Waals surface area (Å²) in [4.78, 5) is 7.26. The molecule has 0 saturated carbocycles. The summed E-state index contributed by atoms with van der Waals surface area (Å²) in [7, 11) is 0. The summed E-state index contributed by atoms with van der Waals surface area (Å²) in [6.07, 6.45) is 6.17. The highest BCUT2D eigenvalue weighted by atomic mass is 15.2. The first-order valence-corrected chi connectivity index (χ1v) is 11.0. The van der Waals surface area contributed by atoms with Gasteiger partial charge in [-0.05, 0) is 50.5 Å². The predicted molar refractivity (Wildman–Crippen MR) is 122 cm³/mol. The minimum atomic E-state index is 0.400. The molecule has 2 aromatic heterocycles. The Kier molecular flexibility index (Phi) is 6.79. The number of hydrogen-bond donors (Lipinski definition) is 2. The Morgan fingerprint density at radius 3 is 2.87 bits per heavy atom. The number of guanidine groups is 1. The second kappa shape index (κ2) is 10.1. The average Bonchev–Trinajstić information content (AvgIpc) is 3.21. The third-order valence-electron chi connectivity index (χ3n) is 5.44. The second-order valence-electron chi connectivity index (χ2n) is 7.67. The van der Waals surface area contributed by atoms with E-state index in [9.17, 15) is 0 Å². The van der Waals surface area contributed by atoms with E-state index in [-0.39, 0.29) is 0 Å². The number of nitrogens with zero attached hydrogens (tertiary/aromatic N) is 5.